The van der Waals surface area contributed by atoms with E-state index in [2.05, 4.69) is 15.2 Å². The smallest absolute Gasteiger partial charge is 0.255 e. The molecule has 0 unspecified atom stereocenters. The minimum absolute atomic E-state index is 0.00826. The first-order valence-electron chi connectivity index (χ1n) is 5.88. The van der Waals surface area contributed by atoms with E-state index >= 15 is 0 Å². The molecule has 0 radical (unpaired) electrons. The van der Waals surface area contributed by atoms with Gasteiger partial charge in [-0.05, 0) is 38.1 Å². The monoisotopic (exact) mass is 237 g/mol. The van der Waals surface area contributed by atoms with Crippen molar-refractivity contribution in [2.45, 2.75) is 12.8 Å². The van der Waals surface area contributed by atoms with Crippen molar-refractivity contribution in [2.24, 2.45) is 0 Å². The Morgan fingerprint density at radius 1 is 1.47 bits per heavy atom. The lowest BCUT2D eigenvalue weighted by Gasteiger charge is -2.14. The predicted molar refractivity (Wildman–Crippen MR) is 62.2 cm³/mol. The molecule has 2 rings (SSSR count). The Morgan fingerprint density at radius 3 is 2.94 bits per heavy atom. The number of hydrogen-bond acceptors (Lipinski definition) is 3. The lowest BCUT2D eigenvalue weighted by molar-refractivity contribution is 0.0945. The van der Waals surface area contributed by atoms with Gasteiger partial charge in [-0.2, -0.15) is 4.39 Å². The fourth-order valence-electron chi connectivity index (χ4n) is 1.98. The molecule has 1 aromatic heterocycles. The summed E-state index contributed by atoms with van der Waals surface area (Å²) in [6.45, 7) is 3.56. The molecular weight excluding hydrogens is 221 g/mol. The fraction of sp³-hybridized carbons (Fsp3) is 0.500. The fourth-order valence-corrected chi connectivity index (χ4v) is 1.98. The molecule has 0 atom stereocenters. The van der Waals surface area contributed by atoms with Gasteiger partial charge < -0.3 is 10.2 Å². The summed E-state index contributed by atoms with van der Waals surface area (Å²) in [6, 6.07) is 2.99. The van der Waals surface area contributed by atoms with Gasteiger partial charge >= 0.3 is 0 Å². The van der Waals surface area contributed by atoms with Crippen LogP contribution in [0.2, 0.25) is 0 Å². The van der Waals surface area contributed by atoms with Gasteiger partial charge in [-0.25, -0.2) is 4.98 Å². The first-order chi connectivity index (χ1) is 8.27. The van der Waals surface area contributed by atoms with Crippen LogP contribution in [0.15, 0.2) is 18.3 Å². The Kier molecular flexibility index (Phi) is 4.03. The minimum Gasteiger partial charge on any atom is -0.351 e. The van der Waals surface area contributed by atoms with Gasteiger partial charge in [-0.1, -0.05) is 0 Å². The number of hydrogen-bond donors (Lipinski definition) is 1. The molecule has 92 valence electrons. The molecule has 5 heteroatoms. The lowest BCUT2D eigenvalue weighted by Crippen LogP contribution is -2.33. The van der Waals surface area contributed by atoms with Gasteiger partial charge in [0.15, 0.2) is 0 Å². The number of carbonyl (C=O) groups excluding carboxylic acids is 1. The van der Waals surface area contributed by atoms with Crippen molar-refractivity contribution in [3.8, 4) is 0 Å². The summed E-state index contributed by atoms with van der Waals surface area (Å²) in [5.74, 6) is -1.11. The number of rotatable bonds is 4. The molecule has 1 aromatic rings. The van der Waals surface area contributed by atoms with Crippen molar-refractivity contribution in [3.63, 3.8) is 0 Å². The summed E-state index contributed by atoms with van der Waals surface area (Å²) in [7, 11) is 0. The largest absolute Gasteiger partial charge is 0.351 e. The number of aromatic nitrogens is 1. The third kappa shape index (κ3) is 3.23. The Hall–Kier alpha value is -1.49. The standard InChI is InChI=1S/C12H16FN3O/c13-11-10(4-3-5-14-11)12(17)15-6-9-16-7-1-2-8-16/h3-5H,1-2,6-9H2,(H,15,17). The van der Waals surface area contributed by atoms with Crippen LogP contribution < -0.4 is 5.32 Å². The highest BCUT2D eigenvalue weighted by Crippen LogP contribution is 2.06. The highest BCUT2D eigenvalue weighted by molar-refractivity contribution is 5.94. The van der Waals surface area contributed by atoms with E-state index in [1.54, 1.807) is 6.07 Å². The number of likely N-dealkylation sites (tertiary alicyclic amines) is 1. The van der Waals surface area contributed by atoms with Gasteiger partial charge in [0.25, 0.3) is 5.91 Å². The Balaban J connectivity index is 1.79. The van der Waals surface area contributed by atoms with E-state index in [1.807, 2.05) is 0 Å². The molecule has 1 aliphatic heterocycles. The van der Waals surface area contributed by atoms with Crippen LogP contribution in [0.5, 0.6) is 0 Å². The van der Waals surface area contributed by atoms with Gasteiger partial charge in [-0.15, -0.1) is 0 Å². The average Bonchev–Trinajstić information content (AvgIpc) is 2.82. The SMILES string of the molecule is O=C(NCCN1CCCC1)c1cccnc1F. The van der Waals surface area contributed by atoms with Crippen molar-refractivity contribution in [3.05, 3.63) is 29.8 Å². The lowest BCUT2D eigenvalue weighted by atomic mass is 10.2. The van der Waals surface area contributed by atoms with E-state index < -0.39 is 11.9 Å². The zero-order valence-corrected chi connectivity index (χ0v) is 9.66. The zero-order valence-electron chi connectivity index (χ0n) is 9.66. The summed E-state index contributed by atoms with van der Waals surface area (Å²) >= 11 is 0. The second kappa shape index (κ2) is 5.72. The van der Waals surface area contributed by atoms with Crippen LogP contribution in [0, 0.1) is 5.95 Å². The molecule has 0 aliphatic carbocycles. The molecule has 1 aliphatic rings. The zero-order chi connectivity index (χ0) is 12.1. The van der Waals surface area contributed by atoms with Gasteiger partial charge in [0.2, 0.25) is 5.95 Å². The van der Waals surface area contributed by atoms with Crippen LogP contribution in [0.3, 0.4) is 0 Å². The summed E-state index contributed by atoms with van der Waals surface area (Å²) < 4.78 is 13.2. The van der Waals surface area contributed by atoms with Crippen LogP contribution in [0.25, 0.3) is 0 Å². The van der Waals surface area contributed by atoms with Gasteiger partial charge in [0, 0.05) is 19.3 Å². The van der Waals surface area contributed by atoms with E-state index in [1.165, 1.54) is 25.1 Å². The molecule has 4 nitrogen and oxygen atoms in total. The Morgan fingerprint density at radius 2 is 2.24 bits per heavy atom. The normalized spacial score (nSPS) is 16.1. The van der Waals surface area contributed by atoms with E-state index in [0.29, 0.717) is 6.54 Å². The molecule has 0 saturated carbocycles. The van der Waals surface area contributed by atoms with Crippen molar-refractivity contribution in [1.82, 2.24) is 15.2 Å². The first kappa shape index (κ1) is 12.0. The number of carbonyl (C=O) groups is 1. The van der Waals surface area contributed by atoms with Crippen LogP contribution >= 0.6 is 0 Å². The third-order valence-corrected chi connectivity index (χ3v) is 2.92. The summed E-state index contributed by atoms with van der Waals surface area (Å²) in [5, 5.41) is 2.71. The molecule has 0 bridgehead atoms. The number of amides is 1. The summed E-state index contributed by atoms with van der Waals surface area (Å²) in [5.41, 5.74) is 0.00826. The van der Waals surface area contributed by atoms with E-state index in [-0.39, 0.29) is 5.56 Å². The Bertz CT molecular complexity index is 391. The topological polar surface area (TPSA) is 45.2 Å². The van der Waals surface area contributed by atoms with E-state index in [9.17, 15) is 9.18 Å². The minimum atomic E-state index is -0.717. The van der Waals surface area contributed by atoms with Gasteiger partial charge in [0.05, 0.1) is 5.56 Å². The highest BCUT2D eigenvalue weighted by atomic mass is 19.1. The second-order valence-electron chi connectivity index (χ2n) is 4.15. The van der Waals surface area contributed by atoms with Gasteiger partial charge in [-0.3, -0.25) is 4.79 Å². The molecule has 0 aromatic carbocycles. The van der Waals surface area contributed by atoms with Crippen LogP contribution in [0.1, 0.15) is 23.2 Å². The molecule has 1 N–H and O–H groups in total. The summed E-state index contributed by atoms with van der Waals surface area (Å²) in [4.78, 5) is 17.4. The molecule has 0 spiro atoms. The predicted octanol–water partition coefficient (Wildman–Crippen LogP) is 1.05. The molecule has 1 saturated heterocycles. The number of nitrogens with one attached hydrogen (secondary N) is 1. The number of pyridine rings is 1. The molecule has 2 heterocycles. The average molecular weight is 237 g/mol. The second-order valence-corrected chi connectivity index (χ2v) is 4.15. The van der Waals surface area contributed by atoms with E-state index in [4.69, 9.17) is 0 Å². The highest BCUT2D eigenvalue weighted by Gasteiger charge is 2.13. The number of nitrogens with zero attached hydrogens (tertiary/aromatic N) is 2. The van der Waals surface area contributed by atoms with Crippen LogP contribution in [-0.2, 0) is 0 Å². The third-order valence-electron chi connectivity index (χ3n) is 2.92. The van der Waals surface area contributed by atoms with Gasteiger partial charge in [0.1, 0.15) is 0 Å². The summed E-state index contributed by atoms with van der Waals surface area (Å²) in [6.07, 6.45) is 3.78. The first-order valence-corrected chi connectivity index (χ1v) is 5.88. The molecule has 1 fully saturated rings. The maximum atomic E-state index is 13.2. The van der Waals surface area contributed by atoms with Crippen molar-refractivity contribution < 1.29 is 9.18 Å². The molecule has 17 heavy (non-hydrogen) atoms. The quantitative estimate of drug-likeness (QED) is 0.796. The van der Waals surface area contributed by atoms with Crippen molar-refractivity contribution in [1.29, 1.82) is 0 Å². The van der Waals surface area contributed by atoms with Crippen molar-refractivity contribution >= 4 is 5.91 Å². The van der Waals surface area contributed by atoms with Crippen LogP contribution in [0.4, 0.5) is 4.39 Å². The molecule has 1 amide bonds. The van der Waals surface area contributed by atoms with Crippen LogP contribution in [-0.4, -0.2) is 42.0 Å². The maximum Gasteiger partial charge on any atom is 0.255 e. The maximum absolute atomic E-state index is 13.2. The molecular formula is C12H16FN3O. The van der Waals surface area contributed by atoms with E-state index in [0.717, 1.165) is 19.6 Å². The number of halogens is 1. The van der Waals surface area contributed by atoms with Crippen molar-refractivity contribution in [2.75, 3.05) is 26.2 Å². The Labute approximate surface area is 99.8 Å².